The predicted octanol–water partition coefficient (Wildman–Crippen LogP) is 3.65. The second kappa shape index (κ2) is 4.41. The first-order valence-electron chi connectivity index (χ1n) is 7.06. The molecule has 0 atom stereocenters. The Morgan fingerprint density at radius 3 is 2.68 bits per heavy atom. The molecule has 1 aromatic heterocycles. The normalized spacial score (nSPS) is 14.9. The van der Waals surface area contributed by atoms with Crippen molar-refractivity contribution in [3.63, 3.8) is 0 Å². The third-order valence-corrected chi connectivity index (χ3v) is 4.15. The molecule has 100 valence electrons. The molecule has 0 aliphatic heterocycles. The summed E-state index contributed by atoms with van der Waals surface area (Å²) >= 11 is 0. The summed E-state index contributed by atoms with van der Waals surface area (Å²) in [6.07, 6.45) is 2.51. The summed E-state index contributed by atoms with van der Waals surface area (Å²) in [5.41, 5.74) is 11.0. The highest BCUT2D eigenvalue weighted by Gasteiger charge is 2.30. The van der Waals surface area contributed by atoms with Gasteiger partial charge in [0.25, 0.3) is 0 Å². The van der Waals surface area contributed by atoms with Crippen LogP contribution in [0.1, 0.15) is 42.6 Å². The van der Waals surface area contributed by atoms with Gasteiger partial charge in [0.2, 0.25) is 0 Å². The minimum atomic E-state index is 0.626. The lowest BCUT2D eigenvalue weighted by molar-refractivity contribution is 0.708. The summed E-state index contributed by atoms with van der Waals surface area (Å²) in [7, 11) is 0. The molecule has 3 nitrogen and oxygen atoms in total. The van der Waals surface area contributed by atoms with Gasteiger partial charge in [-0.05, 0) is 44.7 Å². The van der Waals surface area contributed by atoms with Gasteiger partial charge in [-0.3, -0.25) is 0 Å². The number of anilines is 1. The Morgan fingerprint density at radius 2 is 2.05 bits per heavy atom. The van der Waals surface area contributed by atoms with Gasteiger partial charge in [0, 0.05) is 18.0 Å². The Morgan fingerprint density at radius 1 is 1.32 bits per heavy atom. The van der Waals surface area contributed by atoms with Crippen LogP contribution in [0.4, 0.5) is 5.82 Å². The quantitative estimate of drug-likeness (QED) is 0.909. The van der Waals surface area contributed by atoms with Crippen LogP contribution in [0, 0.1) is 13.8 Å². The number of nitrogens with zero attached hydrogens (tertiary/aromatic N) is 2. The number of nitrogens with two attached hydrogens (primary N) is 1. The minimum Gasteiger partial charge on any atom is -0.383 e. The SMILES string of the molecule is CCn1c(C2CC2)nc(-c2cccc(C)c2C)c1N. The first kappa shape index (κ1) is 12.3. The van der Waals surface area contributed by atoms with Crippen molar-refractivity contribution in [1.82, 2.24) is 9.55 Å². The van der Waals surface area contributed by atoms with Crippen LogP contribution in [0.15, 0.2) is 18.2 Å². The van der Waals surface area contributed by atoms with Crippen molar-refractivity contribution in [2.24, 2.45) is 0 Å². The van der Waals surface area contributed by atoms with E-state index in [1.165, 1.54) is 35.4 Å². The molecule has 3 rings (SSSR count). The first-order valence-corrected chi connectivity index (χ1v) is 7.06. The molecule has 0 saturated heterocycles. The summed E-state index contributed by atoms with van der Waals surface area (Å²) in [6.45, 7) is 7.31. The summed E-state index contributed by atoms with van der Waals surface area (Å²) < 4.78 is 2.18. The summed E-state index contributed by atoms with van der Waals surface area (Å²) in [4.78, 5) is 4.85. The molecule has 0 spiro atoms. The third-order valence-electron chi connectivity index (χ3n) is 4.15. The molecular formula is C16H21N3. The van der Waals surface area contributed by atoms with E-state index in [2.05, 4.69) is 43.5 Å². The molecule has 0 radical (unpaired) electrons. The largest absolute Gasteiger partial charge is 0.383 e. The maximum atomic E-state index is 6.33. The number of rotatable bonds is 3. The van der Waals surface area contributed by atoms with Crippen molar-refractivity contribution in [1.29, 1.82) is 0 Å². The van der Waals surface area contributed by atoms with Gasteiger partial charge >= 0.3 is 0 Å². The van der Waals surface area contributed by atoms with E-state index in [1.54, 1.807) is 0 Å². The van der Waals surface area contributed by atoms with E-state index in [0.717, 1.165) is 18.1 Å². The van der Waals surface area contributed by atoms with Crippen molar-refractivity contribution in [3.8, 4) is 11.3 Å². The maximum absolute atomic E-state index is 6.33. The van der Waals surface area contributed by atoms with Crippen molar-refractivity contribution in [2.75, 3.05) is 5.73 Å². The Labute approximate surface area is 114 Å². The standard InChI is InChI=1S/C16H21N3/c1-4-19-15(17)14(18-16(19)12-8-9-12)13-7-5-6-10(2)11(13)3/h5-7,12H,4,8-9,17H2,1-3H3. The first-order chi connectivity index (χ1) is 9.13. The number of benzene rings is 1. The Bertz CT molecular complexity index is 621. The summed E-state index contributed by atoms with van der Waals surface area (Å²) in [5, 5.41) is 0. The third kappa shape index (κ3) is 1.93. The molecule has 19 heavy (non-hydrogen) atoms. The zero-order chi connectivity index (χ0) is 13.6. The fraction of sp³-hybridized carbons (Fsp3) is 0.438. The van der Waals surface area contributed by atoms with E-state index in [-0.39, 0.29) is 0 Å². The van der Waals surface area contributed by atoms with Crippen molar-refractivity contribution in [2.45, 2.75) is 46.1 Å². The molecule has 0 amide bonds. The van der Waals surface area contributed by atoms with E-state index >= 15 is 0 Å². The number of hydrogen-bond donors (Lipinski definition) is 1. The highest BCUT2D eigenvalue weighted by atomic mass is 15.1. The Hall–Kier alpha value is -1.77. The van der Waals surface area contributed by atoms with Gasteiger partial charge in [0.1, 0.15) is 17.3 Å². The smallest absolute Gasteiger partial charge is 0.131 e. The van der Waals surface area contributed by atoms with Gasteiger partial charge in [0.05, 0.1) is 0 Å². The lowest BCUT2D eigenvalue weighted by Crippen LogP contribution is -2.04. The van der Waals surface area contributed by atoms with Crippen molar-refractivity contribution < 1.29 is 0 Å². The predicted molar refractivity (Wildman–Crippen MR) is 79.2 cm³/mol. The molecular weight excluding hydrogens is 234 g/mol. The van der Waals surface area contributed by atoms with Crippen LogP contribution in [-0.4, -0.2) is 9.55 Å². The van der Waals surface area contributed by atoms with E-state index in [0.29, 0.717) is 5.92 Å². The molecule has 1 fully saturated rings. The van der Waals surface area contributed by atoms with Crippen LogP contribution >= 0.6 is 0 Å². The van der Waals surface area contributed by atoms with E-state index < -0.39 is 0 Å². The highest BCUT2D eigenvalue weighted by Crippen LogP contribution is 2.42. The topological polar surface area (TPSA) is 43.8 Å². The van der Waals surface area contributed by atoms with Crippen LogP contribution in [0.2, 0.25) is 0 Å². The molecule has 2 N–H and O–H groups in total. The monoisotopic (exact) mass is 255 g/mol. The minimum absolute atomic E-state index is 0.626. The van der Waals surface area contributed by atoms with Crippen molar-refractivity contribution in [3.05, 3.63) is 35.2 Å². The average Bonchev–Trinajstić information content (AvgIpc) is 3.18. The van der Waals surface area contributed by atoms with E-state index in [1.807, 2.05) is 0 Å². The van der Waals surface area contributed by atoms with E-state index in [9.17, 15) is 0 Å². The summed E-state index contributed by atoms with van der Waals surface area (Å²) in [6, 6.07) is 6.34. The number of aromatic nitrogens is 2. The molecule has 1 aromatic carbocycles. The molecule has 1 heterocycles. The number of hydrogen-bond acceptors (Lipinski definition) is 2. The highest BCUT2D eigenvalue weighted by molar-refractivity contribution is 5.74. The zero-order valence-corrected chi connectivity index (χ0v) is 11.9. The van der Waals surface area contributed by atoms with Gasteiger partial charge < -0.3 is 10.3 Å². The van der Waals surface area contributed by atoms with Crippen LogP contribution in [0.3, 0.4) is 0 Å². The molecule has 2 aromatic rings. The van der Waals surface area contributed by atoms with Crippen LogP contribution in [0.25, 0.3) is 11.3 Å². The Kier molecular flexibility index (Phi) is 2.85. The molecule has 1 saturated carbocycles. The summed E-state index contributed by atoms with van der Waals surface area (Å²) in [5.74, 6) is 2.62. The maximum Gasteiger partial charge on any atom is 0.131 e. The number of aryl methyl sites for hydroxylation is 1. The lowest BCUT2D eigenvalue weighted by atomic mass is 10.0. The Balaban J connectivity index is 2.17. The lowest BCUT2D eigenvalue weighted by Gasteiger charge is -2.08. The average molecular weight is 255 g/mol. The second-order valence-corrected chi connectivity index (χ2v) is 5.47. The van der Waals surface area contributed by atoms with Crippen LogP contribution < -0.4 is 5.73 Å². The van der Waals surface area contributed by atoms with Gasteiger partial charge in [-0.2, -0.15) is 0 Å². The fourth-order valence-corrected chi connectivity index (χ4v) is 2.67. The molecule has 1 aliphatic carbocycles. The van der Waals surface area contributed by atoms with Crippen molar-refractivity contribution >= 4 is 5.82 Å². The van der Waals surface area contributed by atoms with Crippen LogP contribution in [0.5, 0.6) is 0 Å². The van der Waals surface area contributed by atoms with Gasteiger partial charge in [-0.15, -0.1) is 0 Å². The number of imidazole rings is 1. The van der Waals surface area contributed by atoms with E-state index in [4.69, 9.17) is 10.7 Å². The zero-order valence-electron chi connectivity index (χ0n) is 11.9. The van der Waals surface area contributed by atoms with Gasteiger partial charge in [-0.1, -0.05) is 18.2 Å². The molecule has 0 unspecified atom stereocenters. The second-order valence-electron chi connectivity index (χ2n) is 5.47. The van der Waals surface area contributed by atoms with Gasteiger partial charge in [0.15, 0.2) is 0 Å². The van der Waals surface area contributed by atoms with Gasteiger partial charge in [-0.25, -0.2) is 4.98 Å². The molecule has 3 heteroatoms. The molecule has 1 aliphatic rings. The molecule has 0 bridgehead atoms. The number of nitrogen functional groups attached to an aromatic ring is 1. The fourth-order valence-electron chi connectivity index (χ4n) is 2.67. The van der Waals surface area contributed by atoms with Crippen LogP contribution in [-0.2, 0) is 6.54 Å².